The maximum atomic E-state index is 12.2. The van der Waals surface area contributed by atoms with Crippen LogP contribution in [-0.2, 0) is 14.8 Å². The first kappa shape index (κ1) is 13.8. The van der Waals surface area contributed by atoms with Crippen molar-refractivity contribution < 1.29 is 26.4 Å². The maximum Gasteiger partial charge on any atom is 0.406 e. The molecule has 19 heavy (non-hydrogen) atoms. The third-order valence-electron chi connectivity index (χ3n) is 2.45. The van der Waals surface area contributed by atoms with Crippen LogP contribution in [0.25, 0.3) is 0 Å². The van der Waals surface area contributed by atoms with Crippen LogP contribution in [0.3, 0.4) is 0 Å². The van der Waals surface area contributed by atoms with Crippen LogP contribution in [0.5, 0.6) is 0 Å². The second-order valence-electron chi connectivity index (χ2n) is 3.88. The quantitative estimate of drug-likeness (QED) is 0.834. The van der Waals surface area contributed by atoms with Crippen LogP contribution >= 0.6 is 0 Å². The Kier molecular flexibility index (Phi) is 3.26. The van der Waals surface area contributed by atoms with E-state index in [1.807, 2.05) is 0 Å². The lowest BCUT2D eigenvalue weighted by atomic mass is 10.5. The average molecular weight is 298 g/mol. The highest BCUT2D eigenvalue weighted by molar-refractivity contribution is 7.89. The summed E-state index contributed by atoms with van der Waals surface area (Å²) in [4.78, 5) is 17.7. The summed E-state index contributed by atoms with van der Waals surface area (Å²) in [5.41, 5.74) is 0. The van der Waals surface area contributed by atoms with Gasteiger partial charge in [0.05, 0.1) is 25.7 Å². The predicted molar refractivity (Wildman–Crippen MR) is 55.1 cm³/mol. The van der Waals surface area contributed by atoms with Gasteiger partial charge in [-0.15, -0.1) is 0 Å². The van der Waals surface area contributed by atoms with Gasteiger partial charge < -0.3 is 9.88 Å². The van der Waals surface area contributed by atoms with E-state index >= 15 is 0 Å². The third kappa shape index (κ3) is 2.87. The summed E-state index contributed by atoms with van der Waals surface area (Å²) in [6, 6.07) is 0. The Morgan fingerprint density at radius 1 is 1.42 bits per heavy atom. The number of rotatable bonds is 3. The Labute approximate surface area is 106 Å². The standard InChI is InChI=1S/C8H9F3N4O3S/c9-8(10,11)3-14-5-15(2-7(14)16)19(17,18)6-1-12-4-13-6/h1,4H,2-3,5H2,(H,12,13). The van der Waals surface area contributed by atoms with Crippen molar-refractivity contribution in [3.63, 3.8) is 0 Å². The summed E-state index contributed by atoms with van der Waals surface area (Å²) in [6.07, 6.45) is -2.42. The number of alkyl halides is 3. The van der Waals surface area contributed by atoms with E-state index in [0.29, 0.717) is 9.21 Å². The number of aromatic amines is 1. The molecule has 0 atom stereocenters. The minimum Gasteiger partial charge on any atom is -0.335 e. The molecule has 0 radical (unpaired) electrons. The molecule has 1 N–H and O–H groups in total. The molecule has 1 amide bonds. The molecule has 0 aromatic carbocycles. The number of halogens is 3. The molecule has 0 unspecified atom stereocenters. The van der Waals surface area contributed by atoms with Crippen molar-refractivity contribution in [2.75, 3.05) is 19.8 Å². The first-order chi connectivity index (χ1) is 8.70. The van der Waals surface area contributed by atoms with Crippen molar-refractivity contribution >= 4 is 15.9 Å². The highest BCUT2D eigenvalue weighted by atomic mass is 32.2. The van der Waals surface area contributed by atoms with Crippen molar-refractivity contribution in [2.45, 2.75) is 11.2 Å². The largest absolute Gasteiger partial charge is 0.406 e. The summed E-state index contributed by atoms with van der Waals surface area (Å²) in [7, 11) is -4.03. The zero-order valence-electron chi connectivity index (χ0n) is 9.38. The van der Waals surface area contributed by atoms with Gasteiger partial charge in [-0.1, -0.05) is 0 Å². The number of sulfonamides is 1. The van der Waals surface area contributed by atoms with Crippen LogP contribution in [0.4, 0.5) is 13.2 Å². The number of hydrogen-bond donors (Lipinski definition) is 1. The topological polar surface area (TPSA) is 86.4 Å². The van der Waals surface area contributed by atoms with E-state index in [1.165, 1.54) is 0 Å². The fourth-order valence-electron chi connectivity index (χ4n) is 1.61. The van der Waals surface area contributed by atoms with Crippen LogP contribution in [0.2, 0.25) is 0 Å². The van der Waals surface area contributed by atoms with E-state index in [2.05, 4.69) is 9.97 Å². The van der Waals surface area contributed by atoms with Gasteiger partial charge in [-0.25, -0.2) is 13.4 Å². The van der Waals surface area contributed by atoms with Gasteiger partial charge in [0.15, 0.2) is 5.03 Å². The molecule has 7 nitrogen and oxygen atoms in total. The summed E-state index contributed by atoms with van der Waals surface area (Å²) in [5, 5.41) is -0.269. The van der Waals surface area contributed by atoms with Gasteiger partial charge in [-0.05, 0) is 0 Å². The SMILES string of the molecule is O=C1CN(S(=O)(=O)c2cnc[nH]2)CN1CC(F)(F)F. The molecule has 1 aliphatic rings. The van der Waals surface area contributed by atoms with E-state index in [9.17, 15) is 26.4 Å². The first-order valence-electron chi connectivity index (χ1n) is 5.03. The Morgan fingerprint density at radius 3 is 2.63 bits per heavy atom. The van der Waals surface area contributed by atoms with Crippen LogP contribution in [0, 0.1) is 0 Å². The zero-order chi connectivity index (χ0) is 14.3. The number of carbonyl (C=O) groups excluding carboxylic acids is 1. The molecule has 0 aliphatic carbocycles. The molecule has 2 heterocycles. The lowest BCUT2D eigenvalue weighted by molar-refractivity contribution is -0.157. The molecule has 1 aromatic heterocycles. The average Bonchev–Trinajstić information content (AvgIpc) is 2.87. The lowest BCUT2D eigenvalue weighted by Crippen LogP contribution is -2.37. The lowest BCUT2D eigenvalue weighted by Gasteiger charge is -2.18. The second-order valence-corrected chi connectivity index (χ2v) is 5.79. The van der Waals surface area contributed by atoms with E-state index in [1.54, 1.807) is 0 Å². The molecule has 1 fully saturated rings. The number of amides is 1. The van der Waals surface area contributed by atoms with Crippen LogP contribution in [0.15, 0.2) is 17.6 Å². The van der Waals surface area contributed by atoms with Crippen molar-refractivity contribution in [3.05, 3.63) is 12.5 Å². The van der Waals surface area contributed by atoms with Gasteiger partial charge in [0, 0.05) is 0 Å². The second kappa shape index (κ2) is 4.49. The number of nitrogens with zero attached hydrogens (tertiary/aromatic N) is 3. The molecule has 1 aliphatic heterocycles. The molecular weight excluding hydrogens is 289 g/mol. The summed E-state index contributed by atoms with van der Waals surface area (Å²) < 4.78 is 61.2. The van der Waals surface area contributed by atoms with Gasteiger partial charge in [0.1, 0.15) is 6.54 Å². The van der Waals surface area contributed by atoms with E-state index in [-0.39, 0.29) is 5.03 Å². The third-order valence-corrected chi connectivity index (χ3v) is 4.16. The number of hydrogen-bond acceptors (Lipinski definition) is 4. The van der Waals surface area contributed by atoms with Crippen molar-refractivity contribution in [1.82, 2.24) is 19.2 Å². The zero-order valence-corrected chi connectivity index (χ0v) is 10.2. The fourth-order valence-corrected chi connectivity index (χ4v) is 2.85. The molecule has 0 saturated carbocycles. The molecule has 11 heteroatoms. The normalized spacial score (nSPS) is 18.3. The van der Waals surface area contributed by atoms with Crippen molar-refractivity contribution in [1.29, 1.82) is 0 Å². The number of imidazole rings is 1. The minimum absolute atomic E-state index is 0.269. The minimum atomic E-state index is -4.57. The van der Waals surface area contributed by atoms with E-state index < -0.39 is 41.9 Å². The van der Waals surface area contributed by atoms with Crippen LogP contribution in [0.1, 0.15) is 0 Å². The number of H-pyrrole nitrogens is 1. The molecular formula is C8H9F3N4O3S. The maximum absolute atomic E-state index is 12.2. The van der Waals surface area contributed by atoms with E-state index in [0.717, 1.165) is 12.5 Å². The first-order valence-corrected chi connectivity index (χ1v) is 6.47. The Morgan fingerprint density at radius 2 is 2.11 bits per heavy atom. The predicted octanol–water partition coefficient (Wildman–Crippen LogP) is -0.238. The monoisotopic (exact) mass is 298 g/mol. The van der Waals surface area contributed by atoms with Gasteiger partial charge >= 0.3 is 6.18 Å². The number of nitrogens with one attached hydrogen (secondary N) is 1. The van der Waals surface area contributed by atoms with Gasteiger partial charge in [0.25, 0.3) is 10.0 Å². The molecule has 1 saturated heterocycles. The summed E-state index contributed by atoms with van der Waals surface area (Å²) >= 11 is 0. The number of carbonyl (C=O) groups is 1. The Bertz CT molecular complexity index is 569. The van der Waals surface area contributed by atoms with Crippen LogP contribution < -0.4 is 0 Å². The van der Waals surface area contributed by atoms with Gasteiger partial charge in [0.2, 0.25) is 5.91 Å². The van der Waals surface area contributed by atoms with Gasteiger partial charge in [-0.2, -0.15) is 17.5 Å². The van der Waals surface area contributed by atoms with Crippen LogP contribution in [-0.4, -0.2) is 59.4 Å². The molecule has 106 valence electrons. The van der Waals surface area contributed by atoms with E-state index in [4.69, 9.17) is 0 Å². The summed E-state index contributed by atoms with van der Waals surface area (Å²) in [5.74, 6) is -0.889. The van der Waals surface area contributed by atoms with Gasteiger partial charge in [-0.3, -0.25) is 4.79 Å². The molecule has 1 aromatic rings. The highest BCUT2D eigenvalue weighted by Crippen LogP contribution is 2.22. The van der Waals surface area contributed by atoms with Crippen molar-refractivity contribution in [2.24, 2.45) is 0 Å². The van der Waals surface area contributed by atoms with Crippen molar-refractivity contribution in [3.8, 4) is 0 Å². The Balaban J connectivity index is 2.16. The smallest absolute Gasteiger partial charge is 0.335 e. The highest BCUT2D eigenvalue weighted by Gasteiger charge is 2.41. The summed E-state index contributed by atoms with van der Waals surface area (Å²) in [6.45, 7) is -2.71. The molecule has 0 bridgehead atoms. The molecule has 2 rings (SSSR count). The number of aromatic nitrogens is 2. The Hall–Kier alpha value is -1.62. The molecule has 0 spiro atoms. The fraction of sp³-hybridized carbons (Fsp3) is 0.500.